The standard InChI is InChI=1S/C5H10O2S/c1-4(6)2-5(7)3-8/h5,7-8H,2-3H2,1H3. The lowest BCUT2D eigenvalue weighted by molar-refractivity contribution is -0.118. The highest BCUT2D eigenvalue weighted by molar-refractivity contribution is 7.80. The van der Waals surface area contributed by atoms with E-state index in [-0.39, 0.29) is 12.2 Å². The van der Waals surface area contributed by atoms with Crippen LogP contribution in [0.4, 0.5) is 0 Å². The summed E-state index contributed by atoms with van der Waals surface area (Å²) in [7, 11) is 0. The van der Waals surface area contributed by atoms with Gasteiger partial charge in [-0.2, -0.15) is 12.6 Å². The number of ketones is 1. The van der Waals surface area contributed by atoms with Crippen LogP contribution in [0.15, 0.2) is 0 Å². The first-order chi connectivity index (χ1) is 3.66. The zero-order valence-corrected chi connectivity index (χ0v) is 5.69. The zero-order chi connectivity index (χ0) is 6.57. The fourth-order valence-corrected chi connectivity index (χ4v) is 0.525. The lowest BCUT2D eigenvalue weighted by atomic mass is 10.2. The molecule has 0 aromatic rings. The molecule has 8 heavy (non-hydrogen) atoms. The summed E-state index contributed by atoms with van der Waals surface area (Å²) in [6.07, 6.45) is -0.334. The number of hydrogen-bond acceptors (Lipinski definition) is 3. The molecule has 1 unspecified atom stereocenters. The van der Waals surface area contributed by atoms with Gasteiger partial charge in [-0.05, 0) is 6.92 Å². The van der Waals surface area contributed by atoms with Gasteiger partial charge in [0, 0.05) is 12.2 Å². The molecule has 0 aliphatic carbocycles. The Morgan fingerprint density at radius 1 is 1.88 bits per heavy atom. The van der Waals surface area contributed by atoms with Crippen LogP contribution in [-0.2, 0) is 4.79 Å². The van der Waals surface area contributed by atoms with Gasteiger partial charge < -0.3 is 5.11 Å². The largest absolute Gasteiger partial charge is 0.392 e. The van der Waals surface area contributed by atoms with Gasteiger partial charge in [0.1, 0.15) is 5.78 Å². The molecule has 0 aliphatic heterocycles. The molecule has 0 bridgehead atoms. The van der Waals surface area contributed by atoms with Crippen molar-refractivity contribution in [1.82, 2.24) is 0 Å². The van der Waals surface area contributed by atoms with E-state index in [2.05, 4.69) is 12.6 Å². The first-order valence-corrected chi connectivity index (χ1v) is 3.08. The van der Waals surface area contributed by atoms with E-state index in [4.69, 9.17) is 5.11 Å². The second kappa shape index (κ2) is 3.92. The Morgan fingerprint density at radius 3 is 2.50 bits per heavy atom. The molecule has 48 valence electrons. The SMILES string of the molecule is CC(=O)CC(O)CS. The molecule has 0 aliphatic rings. The Labute approximate surface area is 54.3 Å². The number of carbonyl (C=O) groups excluding carboxylic acids is 1. The van der Waals surface area contributed by atoms with Crippen molar-refractivity contribution in [3.63, 3.8) is 0 Å². The first kappa shape index (κ1) is 7.98. The Balaban J connectivity index is 3.24. The van der Waals surface area contributed by atoms with Crippen molar-refractivity contribution in [3.8, 4) is 0 Å². The van der Waals surface area contributed by atoms with Crippen molar-refractivity contribution in [2.45, 2.75) is 19.4 Å². The molecule has 1 N–H and O–H groups in total. The van der Waals surface area contributed by atoms with Crippen LogP contribution in [0.25, 0.3) is 0 Å². The molecular formula is C5H10O2S. The van der Waals surface area contributed by atoms with Crippen molar-refractivity contribution in [3.05, 3.63) is 0 Å². The minimum atomic E-state index is -0.559. The van der Waals surface area contributed by atoms with E-state index in [9.17, 15) is 4.79 Å². The average molecular weight is 134 g/mol. The molecule has 0 saturated heterocycles. The normalized spacial score (nSPS) is 13.4. The van der Waals surface area contributed by atoms with Crippen LogP contribution in [0.5, 0.6) is 0 Å². The molecule has 3 heteroatoms. The quantitative estimate of drug-likeness (QED) is 0.543. The minimum absolute atomic E-state index is 0.00606. The fraction of sp³-hybridized carbons (Fsp3) is 0.800. The number of hydrogen-bond donors (Lipinski definition) is 2. The molecule has 0 aromatic carbocycles. The molecule has 0 radical (unpaired) electrons. The Kier molecular flexibility index (Phi) is 3.91. The van der Waals surface area contributed by atoms with E-state index in [1.165, 1.54) is 6.92 Å². The summed E-state index contributed by atoms with van der Waals surface area (Å²) in [6, 6.07) is 0. The van der Waals surface area contributed by atoms with E-state index in [1.54, 1.807) is 0 Å². The third-order valence-electron chi connectivity index (χ3n) is 0.734. The van der Waals surface area contributed by atoms with Gasteiger partial charge >= 0.3 is 0 Å². The van der Waals surface area contributed by atoms with Crippen molar-refractivity contribution in [1.29, 1.82) is 0 Å². The summed E-state index contributed by atoms with van der Waals surface area (Å²) in [4.78, 5) is 10.2. The van der Waals surface area contributed by atoms with Crippen LogP contribution in [0, 0.1) is 0 Å². The zero-order valence-electron chi connectivity index (χ0n) is 4.79. The van der Waals surface area contributed by atoms with Gasteiger partial charge in [0.25, 0.3) is 0 Å². The number of aliphatic hydroxyl groups excluding tert-OH is 1. The van der Waals surface area contributed by atoms with Gasteiger partial charge in [-0.25, -0.2) is 0 Å². The molecule has 2 nitrogen and oxygen atoms in total. The van der Waals surface area contributed by atoms with Gasteiger partial charge in [-0.3, -0.25) is 4.79 Å². The number of aliphatic hydroxyl groups is 1. The van der Waals surface area contributed by atoms with Gasteiger partial charge in [-0.15, -0.1) is 0 Å². The summed E-state index contributed by atoms with van der Waals surface area (Å²) in [5, 5.41) is 8.73. The summed E-state index contributed by atoms with van der Waals surface area (Å²) >= 11 is 3.79. The molecule has 0 amide bonds. The van der Waals surface area contributed by atoms with Crippen molar-refractivity contribution < 1.29 is 9.90 Å². The maximum atomic E-state index is 10.2. The van der Waals surface area contributed by atoms with Gasteiger partial charge in [0.2, 0.25) is 0 Å². The summed E-state index contributed by atoms with van der Waals surface area (Å²) in [6.45, 7) is 1.45. The number of rotatable bonds is 3. The van der Waals surface area contributed by atoms with Crippen LogP contribution < -0.4 is 0 Å². The van der Waals surface area contributed by atoms with E-state index >= 15 is 0 Å². The predicted molar refractivity (Wildman–Crippen MR) is 35.2 cm³/mol. The summed E-state index contributed by atoms with van der Waals surface area (Å²) < 4.78 is 0. The molecule has 0 heterocycles. The van der Waals surface area contributed by atoms with Gasteiger partial charge in [0.05, 0.1) is 6.10 Å². The highest BCUT2D eigenvalue weighted by Gasteiger charge is 2.02. The lowest BCUT2D eigenvalue weighted by Gasteiger charge is -2.00. The third-order valence-corrected chi connectivity index (χ3v) is 1.16. The van der Waals surface area contributed by atoms with E-state index < -0.39 is 6.10 Å². The Hall–Kier alpha value is -0.0200. The van der Waals surface area contributed by atoms with Crippen LogP contribution in [0.1, 0.15) is 13.3 Å². The molecule has 0 spiro atoms. The molecular weight excluding hydrogens is 124 g/mol. The second-order valence-corrected chi connectivity index (χ2v) is 2.11. The number of carbonyl (C=O) groups is 1. The summed E-state index contributed by atoms with van der Waals surface area (Å²) in [5.41, 5.74) is 0. The lowest BCUT2D eigenvalue weighted by Crippen LogP contribution is -2.12. The van der Waals surface area contributed by atoms with Crippen LogP contribution >= 0.6 is 12.6 Å². The minimum Gasteiger partial charge on any atom is -0.392 e. The average Bonchev–Trinajstić information content (AvgIpc) is 1.65. The first-order valence-electron chi connectivity index (χ1n) is 2.45. The van der Waals surface area contributed by atoms with E-state index in [0.29, 0.717) is 5.75 Å². The second-order valence-electron chi connectivity index (χ2n) is 1.74. The molecule has 0 aromatic heterocycles. The maximum absolute atomic E-state index is 10.2. The highest BCUT2D eigenvalue weighted by atomic mass is 32.1. The highest BCUT2D eigenvalue weighted by Crippen LogP contribution is 1.93. The van der Waals surface area contributed by atoms with Crippen molar-refractivity contribution in [2.75, 3.05) is 5.75 Å². The van der Waals surface area contributed by atoms with Crippen LogP contribution in [-0.4, -0.2) is 22.7 Å². The fourth-order valence-electron chi connectivity index (χ4n) is 0.396. The van der Waals surface area contributed by atoms with E-state index in [0.717, 1.165) is 0 Å². The molecule has 0 rings (SSSR count). The van der Waals surface area contributed by atoms with Gasteiger partial charge in [-0.1, -0.05) is 0 Å². The Morgan fingerprint density at radius 2 is 2.38 bits per heavy atom. The molecule has 1 atom stereocenters. The maximum Gasteiger partial charge on any atom is 0.132 e. The van der Waals surface area contributed by atoms with Crippen LogP contribution in [0.3, 0.4) is 0 Å². The smallest absolute Gasteiger partial charge is 0.132 e. The van der Waals surface area contributed by atoms with Gasteiger partial charge in [0.15, 0.2) is 0 Å². The third kappa shape index (κ3) is 4.15. The number of Topliss-reactive ketones (excluding diaryl/α,β-unsaturated/α-hetero) is 1. The molecule has 0 saturated carbocycles. The van der Waals surface area contributed by atoms with Crippen molar-refractivity contribution in [2.24, 2.45) is 0 Å². The van der Waals surface area contributed by atoms with Crippen LogP contribution in [0.2, 0.25) is 0 Å². The van der Waals surface area contributed by atoms with Crippen molar-refractivity contribution >= 4 is 18.4 Å². The number of thiol groups is 1. The Bertz CT molecular complexity index is 82.5. The van der Waals surface area contributed by atoms with E-state index in [1.807, 2.05) is 0 Å². The summed E-state index contributed by atoms with van der Waals surface area (Å²) in [5.74, 6) is 0.367. The predicted octanol–water partition coefficient (Wildman–Crippen LogP) is 0.256. The molecule has 0 fully saturated rings. The topological polar surface area (TPSA) is 37.3 Å². The monoisotopic (exact) mass is 134 g/mol.